The number of furan rings is 1. The largest absolute Gasteiger partial charge is 0.469 e. The highest BCUT2D eigenvalue weighted by Gasteiger charge is 2.24. The second-order valence-corrected chi connectivity index (χ2v) is 4.86. The highest BCUT2D eigenvalue weighted by atomic mass is 16.5. The van der Waals surface area contributed by atoms with Crippen molar-refractivity contribution in [3.05, 3.63) is 24.2 Å². The zero-order valence-electron chi connectivity index (χ0n) is 12.0. The van der Waals surface area contributed by atoms with Crippen molar-refractivity contribution in [1.82, 2.24) is 10.2 Å². The van der Waals surface area contributed by atoms with Gasteiger partial charge in [-0.1, -0.05) is 0 Å². The first kappa shape index (κ1) is 15.5. The summed E-state index contributed by atoms with van der Waals surface area (Å²) in [5.41, 5.74) is 0. The lowest BCUT2D eigenvalue weighted by molar-refractivity contribution is -0.145. The molecule has 7 heteroatoms. The predicted molar refractivity (Wildman–Crippen MR) is 73.4 cm³/mol. The first-order valence-electron chi connectivity index (χ1n) is 6.87. The van der Waals surface area contributed by atoms with Crippen LogP contribution in [0.4, 0.5) is 0 Å². The molecule has 1 aliphatic heterocycles. The van der Waals surface area contributed by atoms with E-state index in [0.29, 0.717) is 32.0 Å². The van der Waals surface area contributed by atoms with Crippen molar-refractivity contribution in [2.45, 2.75) is 19.1 Å². The molecule has 1 aromatic heterocycles. The standard InChI is InChI=1S/C14H20N2O5/c1-19-14(18)7-12-9-16(4-6-21-12)10-13(17)15-8-11-3-2-5-20-11/h2-3,5,12H,4,6-10H2,1H3,(H,15,17). The Morgan fingerprint density at radius 2 is 2.38 bits per heavy atom. The highest BCUT2D eigenvalue weighted by Crippen LogP contribution is 2.09. The zero-order chi connectivity index (χ0) is 15.1. The van der Waals surface area contributed by atoms with Gasteiger partial charge >= 0.3 is 5.97 Å². The molecular formula is C14H20N2O5. The number of rotatable bonds is 6. The molecule has 0 aromatic carbocycles. The molecule has 0 radical (unpaired) electrons. The third kappa shape index (κ3) is 5.20. The molecule has 1 amide bonds. The van der Waals surface area contributed by atoms with Gasteiger partial charge in [0.05, 0.1) is 45.6 Å². The van der Waals surface area contributed by atoms with Crippen LogP contribution >= 0.6 is 0 Å². The van der Waals surface area contributed by atoms with E-state index >= 15 is 0 Å². The molecule has 0 bridgehead atoms. The molecule has 1 N–H and O–H groups in total. The lowest BCUT2D eigenvalue weighted by Gasteiger charge is -2.31. The molecule has 1 unspecified atom stereocenters. The van der Waals surface area contributed by atoms with E-state index in [1.165, 1.54) is 7.11 Å². The molecule has 0 spiro atoms. The number of ether oxygens (including phenoxy) is 2. The average Bonchev–Trinajstić information content (AvgIpc) is 2.98. The fourth-order valence-electron chi connectivity index (χ4n) is 2.17. The van der Waals surface area contributed by atoms with Crippen molar-refractivity contribution in [1.29, 1.82) is 0 Å². The molecule has 7 nitrogen and oxygen atoms in total. The summed E-state index contributed by atoms with van der Waals surface area (Å²) in [6.07, 6.45) is 1.56. The van der Waals surface area contributed by atoms with Gasteiger partial charge in [-0.25, -0.2) is 0 Å². The van der Waals surface area contributed by atoms with E-state index in [1.807, 2.05) is 4.90 Å². The second-order valence-electron chi connectivity index (χ2n) is 4.86. The van der Waals surface area contributed by atoms with Gasteiger partial charge in [0.15, 0.2) is 0 Å². The molecule has 1 saturated heterocycles. The molecule has 2 heterocycles. The van der Waals surface area contributed by atoms with Gasteiger partial charge in [-0.3, -0.25) is 14.5 Å². The van der Waals surface area contributed by atoms with Crippen LogP contribution in [0.3, 0.4) is 0 Å². The molecule has 1 aromatic rings. The lowest BCUT2D eigenvalue weighted by atomic mass is 10.2. The molecule has 0 aliphatic carbocycles. The van der Waals surface area contributed by atoms with Gasteiger partial charge in [-0.05, 0) is 12.1 Å². The lowest BCUT2D eigenvalue weighted by Crippen LogP contribution is -2.47. The quantitative estimate of drug-likeness (QED) is 0.753. The number of carbonyl (C=O) groups is 2. The summed E-state index contributed by atoms with van der Waals surface area (Å²) in [5, 5.41) is 2.79. The van der Waals surface area contributed by atoms with E-state index in [4.69, 9.17) is 9.15 Å². The number of hydrogen-bond acceptors (Lipinski definition) is 6. The van der Waals surface area contributed by atoms with Crippen LogP contribution in [0.2, 0.25) is 0 Å². The van der Waals surface area contributed by atoms with Gasteiger partial charge in [0, 0.05) is 13.1 Å². The Hall–Kier alpha value is -1.86. The molecule has 1 atom stereocenters. The number of methoxy groups -OCH3 is 1. The molecule has 1 aliphatic rings. The normalized spacial score (nSPS) is 19.2. The summed E-state index contributed by atoms with van der Waals surface area (Å²) in [6, 6.07) is 3.59. The number of morpholine rings is 1. The van der Waals surface area contributed by atoms with E-state index in [2.05, 4.69) is 10.1 Å². The summed E-state index contributed by atoms with van der Waals surface area (Å²) in [5.74, 6) is 0.336. The second kappa shape index (κ2) is 7.80. The minimum Gasteiger partial charge on any atom is -0.469 e. The van der Waals surface area contributed by atoms with Crippen LogP contribution in [0.25, 0.3) is 0 Å². The van der Waals surface area contributed by atoms with Gasteiger partial charge in [-0.15, -0.1) is 0 Å². The molecule has 2 rings (SSSR count). The van der Waals surface area contributed by atoms with Gasteiger partial charge in [0.2, 0.25) is 5.91 Å². The Kier molecular flexibility index (Phi) is 5.77. The van der Waals surface area contributed by atoms with Crippen LogP contribution in [0, 0.1) is 0 Å². The van der Waals surface area contributed by atoms with Crippen molar-refractivity contribution >= 4 is 11.9 Å². The smallest absolute Gasteiger partial charge is 0.308 e. The van der Waals surface area contributed by atoms with Crippen LogP contribution in [-0.4, -0.2) is 56.2 Å². The van der Waals surface area contributed by atoms with Gasteiger partial charge in [-0.2, -0.15) is 0 Å². The summed E-state index contributed by atoms with van der Waals surface area (Å²) < 4.78 is 15.3. The Morgan fingerprint density at radius 3 is 3.10 bits per heavy atom. The molecule has 0 saturated carbocycles. The van der Waals surface area contributed by atoms with Crippen LogP contribution in [0.5, 0.6) is 0 Å². The third-order valence-electron chi connectivity index (χ3n) is 3.25. The zero-order valence-corrected chi connectivity index (χ0v) is 12.0. The fourth-order valence-corrected chi connectivity index (χ4v) is 2.17. The van der Waals surface area contributed by atoms with Crippen molar-refractivity contribution in [2.24, 2.45) is 0 Å². The number of carbonyl (C=O) groups excluding carboxylic acids is 2. The minimum atomic E-state index is -0.302. The SMILES string of the molecule is COC(=O)CC1CN(CC(=O)NCc2ccco2)CCO1. The first-order chi connectivity index (χ1) is 10.2. The van der Waals surface area contributed by atoms with E-state index < -0.39 is 0 Å². The first-order valence-corrected chi connectivity index (χ1v) is 6.87. The van der Waals surface area contributed by atoms with Crippen LogP contribution < -0.4 is 5.32 Å². The number of amides is 1. The Labute approximate surface area is 123 Å². The maximum atomic E-state index is 11.9. The van der Waals surface area contributed by atoms with E-state index in [0.717, 1.165) is 0 Å². The van der Waals surface area contributed by atoms with E-state index in [1.54, 1.807) is 18.4 Å². The fraction of sp³-hybridized carbons (Fsp3) is 0.571. The topological polar surface area (TPSA) is 81.0 Å². The third-order valence-corrected chi connectivity index (χ3v) is 3.25. The highest BCUT2D eigenvalue weighted by molar-refractivity contribution is 5.78. The average molecular weight is 296 g/mol. The van der Waals surface area contributed by atoms with Crippen molar-refractivity contribution in [3.63, 3.8) is 0 Å². The van der Waals surface area contributed by atoms with E-state index in [-0.39, 0.29) is 30.9 Å². The predicted octanol–water partition coefficient (Wildman–Crippen LogP) is 0.160. The monoisotopic (exact) mass is 296 g/mol. The number of nitrogens with zero attached hydrogens (tertiary/aromatic N) is 1. The van der Waals surface area contributed by atoms with Crippen LogP contribution in [0.1, 0.15) is 12.2 Å². The molecular weight excluding hydrogens is 276 g/mol. The van der Waals surface area contributed by atoms with Crippen molar-refractivity contribution in [2.75, 3.05) is 33.4 Å². The Balaban J connectivity index is 1.71. The number of nitrogens with one attached hydrogen (secondary N) is 1. The molecule has 21 heavy (non-hydrogen) atoms. The maximum absolute atomic E-state index is 11.9. The van der Waals surface area contributed by atoms with Crippen LogP contribution in [-0.2, 0) is 25.6 Å². The summed E-state index contributed by atoms with van der Waals surface area (Å²) in [7, 11) is 1.35. The summed E-state index contributed by atoms with van der Waals surface area (Å²) in [4.78, 5) is 25.1. The van der Waals surface area contributed by atoms with Crippen molar-refractivity contribution < 1.29 is 23.5 Å². The van der Waals surface area contributed by atoms with Gasteiger partial charge in [0.25, 0.3) is 0 Å². The van der Waals surface area contributed by atoms with Gasteiger partial charge < -0.3 is 19.2 Å². The molecule has 116 valence electrons. The van der Waals surface area contributed by atoms with Crippen LogP contribution in [0.15, 0.2) is 22.8 Å². The number of hydrogen-bond donors (Lipinski definition) is 1. The summed E-state index contributed by atoms with van der Waals surface area (Å²) in [6.45, 7) is 2.38. The number of esters is 1. The van der Waals surface area contributed by atoms with Crippen molar-refractivity contribution in [3.8, 4) is 0 Å². The Morgan fingerprint density at radius 1 is 1.52 bits per heavy atom. The minimum absolute atomic E-state index is 0.0786. The Bertz CT molecular complexity index is 460. The van der Waals surface area contributed by atoms with Gasteiger partial charge in [0.1, 0.15) is 5.76 Å². The molecule has 1 fully saturated rings. The summed E-state index contributed by atoms with van der Waals surface area (Å²) >= 11 is 0. The maximum Gasteiger partial charge on any atom is 0.308 e. The van der Waals surface area contributed by atoms with E-state index in [9.17, 15) is 9.59 Å².